The van der Waals surface area contributed by atoms with Crippen LogP contribution in [0.4, 0.5) is 0 Å². The Morgan fingerprint density at radius 3 is 2.35 bits per heavy atom. The van der Waals surface area contributed by atoms with Gasteiger partial charge in [-0.15, -0.1) is 0 Å². The van der Waals surface area contributed by atoms with Gasteiger partial charge in [0.2, 0.25) is 5.91 Å². The van der Waals surface area contributed by atoms with Crippen LogP contribution in [0.15, 0.2) is 54.6 Å². The van der Waals surface area contributed by atoms with Crippen LogP contribution in [0.2, 0.25) is 0 Å². The molecule has 3 rings (SSSR count). The standard InChI is InChI=1S/C21H24N2O3/c24-19-9-5-4-6-16(19)10-13-22-20(25)17-11-14-23(15-12-17)21(26)18-7-2-1-3-8-18/h1-9,17,24H,10-15H2,(H,22,25). The van der Waals surface area contributed by atoms with E-state index in [9.17, 15) is 14.7 Å². The number of nitrogens with one attached hydrogen (secondary N) is 1. The Morgan fingerprint density at radius 2 is 1.65 bits per heavy atom. The molecule has 1 aliphatic rings. The summed E-state index contributed by atoms with van der Waals surface area (Å²) in [6, 6.07) is 16.4. The van der Waals surface area contributed by atoms with Crippen molar-refractivity contribution in [2.24, 2.45) is 5.92 Å². The Bertz CT molecular complexity index is 753. The molecule has 5 nitrogen and oxygen atoms in total. The first-order valence-corrected chi connectivity index (χ1v) is 9.04. The van der Waals surface area contributed by atoms with Gasteiger partial charge in [-0.1, -0.05) is 36.4 Å². The van der Waals surface area contributed by atoms with Crippen molar-refractivity contribution in [2.45, 2.75) is 19.3 Å². The summed E-state index contributed by atoms with van der Waals surface area (Å²) < 4.78 is 0. The first kappa shape index (κ1) is 18.0. The SMILES string of the molecule is O=C(NCCc1ccccc1O)C1CCN(C(=O)c2ccccc2)CC1. The van der Waals surface area contributed by atoms with E-state index in [1.54, 1.807) is 12.1 Å². The van der Waals surface area contributed by atoms with Crippen LogP contribution >= 0.6 is 0 Å². The number of benzene rings is 2. The fourth-order valence-electron chi connectivity index (χ4n) is 3.30. The van der Waals surface area contributed by atoms with Crippen LogP contribution in [0.1, 0.15) is 28.8 Å². The van der Waals surface area contributed by atoms with Gasteiger partial charge in [-0.3, -0.25) is 9.59 Å². The molecule has 2 amide bonds. The second-order valence-electron chi connectivity index (χ2n) is 6.60. The summed E-state index contributed by atoms with van der Waals surface area (Å²) in [6.07, 6.45) is 1.96. The number of phenolic OH excluding ortho intramolecular Hbond substituents is 1. The van der Waals surface area contributed by atoms with Crippen molar-refractivity contribution < 1.29 is 14.7 Å². The van der Waals surface area contributed by atoms with Crippen molar-refractivity contribution in [3.05, 3.63) is 65.7 Å². The van der Waals surface area contributed by atoms with Gasteiger partial charge in [0.15, 0.2) is 0 Å². The first-order valence-electron chi connectivity index (χ1n) is 9.04. The van der Waals surface area contributed by atoms with Crippen LogP contribution in [0, 0.1) is 5.92 Å². The molecule has 1 aliphatic heterocycles. The van der Waals surface area contributed by atoms with Gasteiger partial charge in [-0.25, -0.2) is 0 Å². The zero-order chi connectivity index (χ0) is 18.4. The largest absolute Gasteiger partial charge is 0.508 e. The van der Waals surface area contributed by atoms with Gasteiger partial charge in [0, 0.05) is 31.1 Å². The van der Waals surface area contributed by atoms with E-state index in [-0.39, 0.29) is 23.5 Å². The van der Waals surface area contributed by atoms with Crippen molar-refractivity contribution in [3.8, 4) is 5.75 Å². The Kier molecular flexibility index (Phi) is 5.89. The first-order chi connectivity index (χ1) is 12.6. The third-order valence-corrected chi connectivity index (χ3v) is 4.86. The number of rotatable bonds is 5. The molecule has 1 saturated heterocycles. The van der Waals surface area contributed by atoms with E-state index in [0.717, 1.165) is 5.56 Å². The molecule has 1 fully saturated rings. The summed E-state index contributed by atoms with van der Waals surface area (Å²) in [4.78, 5) is 26.6. The van der Waals surface area contributed by atoms with E-state index in [4.69, 9.17) is 0 Å². The number of likely N-dealkylation sites (tertiary alicyclic amines) is 1. The monoisotopic (exact) mass is 352 g/mol. The van der Waals surface area contributed by atoms with Crippen LogP contribution in [0.3, 0.4) is 0 Å². The van der Waals surface area contributed by atoms with Crippen molar-refractivity contribution >= 4 is 11.8 Å². The quantitative estimate of drug-likeness (QED) is 0.869. The molecule has 0 radical (unpaired) electrons. The Labute approximate surface area is 153 Å². The van der Waals surface area contributed by atoms with Crippen molar-refractivity contribution in [2.75, 3.05) is 19.6 Å². The molecule has 2 aromatic carbocycles. The molecule has 0 saturated carbocycles. The molecule has 136 valence electrons. The number of aromatic hydroxyl groups is 1. The average Bonchev–Trinajstić information content (AvgIpc) is 2.69. The maximum Gasteiger partial charge on any atom is 0.253 e. The summed E-state index contributed by atoms with van der Waals surface area (Å²) in [5.74, 6) is 0.268. The molecule has 0 aliphatic carbocycles. The Morgan fingerprint density at radius 1 is 1.00 bits per heavy atom. The maximum atomic E-state index is 12.4. The summed E-state index contributed by atoms with van der Waals surface area (Å²) in [7, 11) is 0. The summed E-state index contributed by atoms with van der Waals surface area (Å²) in [5, 5.41) is 12.7. The zero-order valence-electron chi connectivity index (χ0n) is 14.7. The number of para-hydroxylation sites is 1. The lowest BCUT2D eigenvalue weighted by Gasteiger charge is -2.31. The topological polar surface area (TPSA) is 69.6 Å². The van der Waals surface area contributed by atoms with Gasteiger partial charge in [0.25, 0.3) is 5.91 Å². The van der Waals surface area contributed by atoms with Crippen LogP contribution in [0.25, 0.3) is 0 Å². The molecule has 2 N–H and O–H groups in total. The van der Waals surface area contributed by atoms with Crippen molar-refractivity contribution in [3.63, 3.8) is 0 Å². The molecule has 5 heteroatoms. The van der Waals surface area contributed by atoms with E-state index < -0.39 is 0 Å². The molecule has 1 heterocycles. The van der Waals surface area contributed by atoms with Gasteiger partial charge >= 0.3 is 0 Å². The molecular weight excluding hydrogens is 328 g/mol. The number of nitrogens with zero attached hydrogens (tertiary/aromatic N) is 1. The minimum absolute atomic E-state index is 0.0315. The van der Waals surface area contributed by atoms with Gasteiger partial charge in [0.1, 0.15) is 5.75 Å². The van der Waals surface area contributed by atoms with Crippen LogP contribution in [0.5, 0.6) is 5.75 Å². The smallest absolute Gasteiger partial charge is 0.253 e. The summed E-state index contributed by atoms with van der Waals surface area (Å²) in [6.45, 7) is 1.70. The average molecular weight is 352 g/mol. The highest BCUT2D eigenvalue weighted by Gasteiger charge is 2.27. The lowest BCUT2D eigenvalue weighted by atomic mass is 9.95. The van der Waals surface area contributed by atoms with Gasteiger partial charge in [-0.05, 0) is 43.0 Å². The number of hydrogen-bond donors (Lipinski definition) is 2. The fourth-order valence-corrected chi connectivity index (χ4v) is 3.30. The lowest BCUT2D eigenvalue weighted by molar-refractivity contribution is -0.126. The highest BCUT2D eigenvalue weighted by molar-refractivity contribution is 5.94. The van der Waals surface area contributed by atoms with Crippen LogP contribution in [-0.2, 0) is 11.2 Å². The van der Waals surface area contributed by atoms with Crippen LogP contribution in [-0.4, -0.2) is 41.5 Å². The second kappa shape index (κ2) is 8.52. The molecule has 0 spiro atoms. The minimum atomic E-state index is -0.0563. The minimum Gasteiger partial charge on any atom is -0.508 e. The van der Waals surface area contributed by atoms with Gasteiger partial charge in [0.05, 0.1) is 0 Å². The number of carbonyl (C=O) groups excluding carboxylic acids is 2. The van der Waals surface area contributed by atoms with E-state index in [0.29, 0.717) is 44.5 Å². The third-order valence-electron chi connectivity index (χ3n) is 4.86. The number of carbonyl (C=O) groups is 2. The van der Waals surface area contributed by atoms with Crippen LogP contribution < -0.4 is 5.32 Å². The second-order valence-corrected chi connectivity index (χ2v) is 6.60. The third kappa shape index (κ3) is 4.42. The summed E-state index contributed by atoms with van der Waals surface area (Å²) in [5.41, 5.74) is 1.52. The molecule has 0 aromatic heterocycles. The molecule has 26 heavy (non-hydrogen) atoms. The number of amides is 2. The fraction of sp³-hybridized carbons (Fsp3) is 0.333. The Balaban J connectivity index is 1.43. The van der Waals surface area contributed by atoms with Crippen molar-refractivity contribution in [1.82, 2.24) is 10.2 Å². The molecular formula is C21H24N2O3. The molecule has 0 atom stereocenters. The van der Waals surface area contributed by atoms with Gasteiger partial charge < -0.3 is 15.3 Å². The van der Waals surface area contributed by atoms with E-state index >= 15 is 0 Å². The Hall–Kier alpha value is -2.82. The summed E-state index contributed by atoms with van der Waals surface area (Å²) >= 11 is 0. The molecule has 0 bridgehead atoms. The van der Waals surface area contributed by atoms with E-state index in [1.165, 1.54) is 0 Å². The van der Waals surface area contributed by atoms with Gasteiger partial charge in [-0.2, -0.15) is 0 Å². The van der Waals surface area contributed by atoms with E-state index in [1.807, 2.05) is 47.4 Å². The highest BCUT2D eigenvalue weighted by Crippen LogP contribution is 2.20. The number of hydrogen-bond acceptors (Lipinski definition) is 3. The van der Waals surface area contributed by atoms with E-state index in [2.05, 4.69) is 5.32 Å². The molecule has 0 unspecified atom stereocenters. The number of phenols is 1. The predicted octanol–water partition coefficient (Wildman–Crippen LogP) is 2.60. The maximum absolute atomic E-state index is 12.4. The lowest BCUT2D eigenvalue weighted by Crippen LogP contribution is -2.43. The zero-order valence-corrected chi connectivity index (χ0v) is 14.7. The molecule has 2 aromatic rings. The number of piperidine rings is 1. The predicted molar refractivity (Wildman–Crippen MR) is 99.9 cm³/mol. The van der Waals surface area contributed by atoms with Crippen molar-refractivity contribution in [1.29, 1.82) is 0 Å². The highest BCUT2D eigenvalue weighted by atomic mass is 16.3. The normalized spacial score (nSPS) is 14.8.